The summed E-state index contributed by atoms with van der Waals surface area (Å²) in [4.78, 5) is 14.7. The van der Waals surface area contributed by atoms with E-state index in [1.165, 1.54) is 84.2 Å². The third-order valence-corrected chi connectivity index (χ3v) is 10.5. The highest BCUT2D eigenvalue weighted by Gasteiger charge is 2.22. The Bertz CT molecular complexity index is 1570. The van der Waals surface area contributed by atoms with Crippen molar-refractivity contribution in [3.63, 3.8) is 0 Å². The van der Waals surface area contributed by atoms with Gasteiger partial charge >= 0.3 is 0 Å². The predicted molar refractivity (Wildman–Crippen MR) is 228 cm³/mol. The normalized spacial score (nSPS) is 11.9. The van der Waals surface area contributed by atoms with Gasteiger partial charge in [0.2, 0.25) is 0 Å². The van der Waals surface area contributed by atoms with E-state index in [9.17, 15) is 0 Å². The summed E-state index contributed by atoms with van der Waals surface area (Å²) < 4.78 is 0. The zero-order chi connectivity index (χ0) is 40.0. The maximum Gasteiger partial charge on any atom is 0.0469 e. The van der Waals surface area contributed by atoms with Crippen molar-refractivity contribution in [3.05, 3.63) is 84.2 Å². The maximum atomic E-state index is 4.95. The van der Waals surface area contributed by atoms with Gasteiger partial charge < -0.3 is 0 Å². The lowest BCUT2D eigenvalue weighted by Gasteiger charge is -2.24. The molecule has 3 aromatic heterocycles. The Hall–Kier alpha value is -2.55. The second-order valence-electron chi connectivity index (χ2n) is 18.0. The molecule has 0 saturated carbocycles. The maximum absolute atomic E-state index is 4.95. The first-order valence-electron chi connectivity index (χ1n) is 20.3. The molecule has 0 amide bonds. The van der Waals surface area contributed by atoms with Crippen LogP contribution in [-0.4, -0.2) is 15.0 Å². The second-order valence-corrected chi connectivity index (χ2v) is 18.0. The van der Waals surface area contributed by atoms with Crippen LogP contribution in [0.25, 0.3) is 0 Å². The Kier molecular flexibility index (Phi) is 17.8. The number of pyridine rings is 3. The Morgan fingerprint density at radius 3 is 0.882 bits per heavy atom. The lowest BCUT2D eigenvalue weighted by molar-refractivity contribution is 0.712. The predicted octanol–water partition coefficient (Wildman–Crippen LogP) is 15.2. The van der Waals surface area contributed by atoms with Crippen LogP contribution in [0.5, 0.6) is 0 Å². The highest BCUT2D eigenvalue weighted by Crippen LogP contribution is 2.36. The number of rotatable bonds is 9. The Balaban J connectivity index is 0.000000382. The van der Waals surface area contributed by atoms with Crippen LogP contribution in [0.3, 0.4) is 0 Å². The van der Waals surface area contributed by atoms with Gasteiger partial charge in [-0.25, -0.2) is 0 Å². The van der Waals surface area contributed by atoms with Gasteiger partial charge in [-0.2, -0.15) is 0 Å². The largest absolute Gasteiger partial charge is 0.257 e. The lowest BCUT2D eigenvalue weighted by atomic mass is 9.84. The van der Waals surface area contributed by atoms with Gasteiger partial charge in [0.1, 0.15) is 0 Å². The minimum atomic E-state index is 0.504. The zero-order valence-electron chi connectivity index (χ0n) is 38.0. The van der Waals surface area contributed by atoms with Crippen LogP contribution in [0.1, 0.15) is 262 Å². The fourth-order valence-corrected chi connectivity index (χ4v) is 8.41. The van der Waals surface area contributed by atoms with E-state index in [4.69, 9.17) is 15.0 Å². The van der Waals surface area contributed by atoms with E-state index in [0.29, 0.717) is 53.3 Å². The van der Waals surface area contributed by atoms with Gasteiger partial charge in [0.05, 0.1) is 0 Å². The average molecular weight is 700 g/mol. The molecule has 0 aliphatic carbocycles. The van der Waals surface area contributed by atoms with Crippen molar-refractivity contribution < 1.29 is 0 Å². The summed E-state index contributed by atoms with van der Waals surface area (Å²) in [5.74, 6) is 4.82. The van der Waals surface area contributed by atoms with Crippen molar-refractivity contribution in [2.45, 2.75) is 219 Å². The molecule has 3 nitrogen and oxygen atoms in total. The van der Waals surface area contributed by atoms with Crippen LogP contribution in [0.4, 0.5) is 0 Å². The number of hydrogen-bond acceptors (Lipinski definition) is 3. The summed E-state index contributed by atoms with van der Waals surface area (Å²) >= 11 is 0. The van der Waals surface area contributed by atoms with Crippen LogP contribution in [0.15, 0.2) is 0 Å². The number of aromatic nitrogens is 3. The van der Waals surface area contributed by atoms with Crippen molar-refractivity contribution in [1.29, 1.82) is 0 Å². The third-order valence-electron chi connectivity index (χ3n) is 10.5. The van der Waals surface area contributed by atoms with E-state index in [2.05, 4.69) is 166 Å². The van der Waals surface area contributed by atoms with Crippen molar-refractivity contribution in [3.8, 4) is 0 Å². The molecule has 0 unspecified atom stereocenters. The molecule has 288 valence electrons. The molecule has 0 aromatic carbocycles. The van der Waals surface area contributed by atoms with Crippen LogP contribution >= 0.6 is 0 Å². The van der Waals surface area contributed by atoms with Gasteiger partial charge in [0.25, 0.3) is 0 Å². The Labute approximate surface area is 317 Å². The third kappa shape index (κ3) is 11.2. The molecular weight excluding hydrogens is 619 g/mol. The monoisotopic (exact) mass is 700 g/mol. The molecule has 0 aliphatic rings. The standard InChI is InChI=1S/3C16H27N/c1-9(2)14-12(7)16(11(5)6)17-13(8)15(14)10(3)4;1-9(2)14-12(7)15(10(3)4)16(11(5)6)17-13(14)8;1-9(2)14-12(7)13(8)15(10(3)4)17-16(14)11(5)6/h3*9-11H,1-8H3. The quantitative estimate of drug-likeness (QED) is 0.223. The first kappa shape index (κ1) is 46.5. The molecule has 0 N–H and O–H groups in total. The number of hydrogen-bond donors (Lipinski definition) is 0. The average Bonchev–Trinajstić information content (AvgIpc) is 2.97. The van der Waals surface area contributed by atoms with E-state index in [1.54, 1.807) is 0 Å². The minimum Gasteiger partial charge on any atom is -0.257 e. The smallest absolute Gasteiger partial charge is 0.0469 e. The minimum absolute atomic E-state index is 0.504. The zero-order valence-corrected chi connectivity index (χ0v) is 38.0. The van der Waals surface area contributed by atoms with Crippen LogP contribution < -0.4 is 0 Å². The van der Waals surface area contributed by atoms with Crippen molar-refractivity contribution in [2.75, 3.05) is 0 Å². The van der Waals surface area contributed by atoms with Crippen molar-refractivity contribution in [1.82, 2.24) is 15.0 Å². The molecule has 0 radical (unpaired) electrons. The summed E-state index contributed by atoms with van der Waals surface area (Å²) in [6.07, 6.45) is 0. The molecule has 0 spiro atoms. The topological polar surface area (TPSA) is 38.7 Å². The van der Waals surface area contributed by atoms with Crippen LogP contribution in [0.2, 0.25) is 0 Å². The summed E-state index contributed by atoms with van der Waals surface area (Å²) in [6.45, 7) is 53.9. The SMILES string of the molecule is Cc1c(C(C)C)nc(C(C)C)c(C(C)C)c1C.Cc1nc(C(C)C)c(C(C)C)c(C)c1C(C)C.Cc1nc(C(C)C)c(C)c(C(C)C)c1C(C)C. The van der Waals surface area contributed by atoms with Gasteiger partial charge in [0.15, 0.2) is 0 Å². The second kappa shape index (κ2) is 19.5. The van der Waals surface area contributed by atoms with E-state index in [1.807, 2.05) is 0 Å². The summed E-state index contributed by atoms with van der Waals surface area (Å²) in [6, 6.07) is 0. The molecule has 0 aliphatic heterocycles. The van der Waals surface area contributed by atoms with Gasteiger partial charge in [-0.1, -0.05) is 125 Å². The summed E-state index contributed by atoms with van der Waals surface area (Å²) in [7, 11) is 0. The van der Waals surface area contributed by atoms with Crippen LogP contribution in [-0.2, 0) is 0 Å². The van der Waals surface area contributed by atoms with Gasteiger partial charge in [-0.05, 0) is 145 Å². The first-order chi connectivity index (χ1) is 23.3. The Morgan fingerprint density at radius 1 is 0.235 bits per heavy atom. The van der Waals surface area contributed by atoms with Crippen molar-refractivity contribution in [2.24, 2.45) is 0 Å². The molecule has 3 heterocycles. The Morgan fingerprint density at radius 2 is 0.529 bits per heavy atom. The molecule has 0 atom stereocenters. The highest BCUT2D eigenvalue weighted by atomic mass is 14.7. The van der Waals surface area contributed by atoms with E-state index < -0.39 is 0 Å². The van der Waals surface area contributed by atoms with Gasteiger partial charge in [-0.15, -0.1) is 0 Å². The van der Waals surface area contributed by atoms with E-state index in [0.717, 1.165) is 0 Å². The van der Waals surface area contributed by atoms with Crippen molar-refractivity contribution >= 4 is 0 Å². The first-order valence-corrected chi connectivity index (χ1v) is 20.3. The van der Waals surface area contributed by atoms with Gasteiger partial charge in [-0.3, -0.25) is 15.0 Å². The van der Waals surface area contributed by atoms with Gasteiger partial charge in [0, 0.05) is 34.2 Å². The van der Waals surface area contributed by atoms with E-state index in [-0.39, 0.29) is 0 Å². The number of nitrogens with zero attached hydrogens (tertiary/aromatic N) is 3. The molecule has 0 fully saturated rings. The number of aryl methyl sites for hydroxylation is 2. The molecular formula is C48H81N3. The van der Waals surface area contributed by atoms with E-state index >= 15 is 0 Å². The fraction of sp³-hybridized carbons (Fsp3) is 0.688. The molecule has 3 rings (SSSR count). The molecule has 3 heteroatoms. The molecule has 51 heavy (non-hydrogen) atoms. The summed E-state index contributed by atoms with van der Waals surface area (Å²) in [5.41, 5.74) is 20.6. The molecule has 0 saturated heterocycles. The molecule has 0 bridgehead atoms. The van der Waals surface area contributed by atoms with Crippen LogP contribution in [0, 0.1) is 41.5 Å². The summed E-state index contributed by atoms with van der Waals surface area (Å²) in [5, 5.41) is 0. The molecule has 3 aromatic rings. The lowest BCUT2D eigenvalue weighted by Crippen LogP contribution is -2.11. The highest BCUT2D eigenvalue weighted by molar-refractivity contribution is 5.45. The fourth-order valence-electron chi connectivity index (χ4n) is 8.41.